The summed E-state index contributed by atoms with van der Waals surface area (Å²) >= 11 is 4.06. The minimum atomic E-state index is -0.267. The number of anilines is 2. The zero-order chi connectivity index (χ0) is 18.7. The molecule has 4 heteroatoms. The lowest BCUT2D eigenvalue weighted by atomic mass is 9.86. The maximum absolute atomic E-state index is 11.9. The van der Waals surface area contributed by atoms with Gasteiger partial charge in [-0.2, -0.15) is 0 Å². The molecule has 1 aliphatic rings. The van der Waals surface area contributed by atoms with Crippen LogP contribution in [0.3, 0.4) is 0 Å². The summed E-state index contributed by atoms with van der Waals surface area (Å²) in [7, 11) is 2.02. The number of thiol groups is 1. The number of nitrogens with zero attached hydrogens (tertiary/aromatic N) is 1. The van der Waals surface area contributed by atoms with Crippen LogP contribution in [0.15, 0.2) is 72.8 Å². The second kappa shape index (κ2) is 7.67. The van der Waals surface area contributed by atoms with Gasteiger partial charge < -0.3 is 10.0 Å². The first kappa shape index (κ1) is 18.1. The van der Waals surface area contributed by atoms with Crippen molar-refractivity contribution in [2.75, 3.05) is 11.9 Å². The van der Waals surface area contributed by atoms with Crippen LogP contribution in [0.5, 0.6) is 5.75 Å². The Hall–Kier alpha value is -2.72. The Kier molecular flexibility index (Phi) is 5.33. The molecule has 0 fully saturated rings. The normalized spacial score (nSPS) is 12.5. The lowest BCUT2D eigenvalue weighted by Crippen LogP contribution is -2.24. The van der Waals surface area contributed by atoms with Crippen molar-refractivity contribution in [1.29, 1.82) is 0 Å². The minimum Gasteiger partial charge on any atom is -0.508 e. The smallest absolute Gasteiger partial charge is 0.197 e. The fourth-order valence-corrected chi connectivity index (χ4v) is 3.46. The number of carbonyl (C=O) groups excluding carboxylic acids is 1. The number of fused-ring (bicyclic) bond motifs is 2. The van der Waals surface area contributed by atoms with Gasteiger partial charge in [-0.3, -0.25) is 4.79 Å². The molecule has 0 saturated heterocycles. The van der Waals surface area contributed by atoms with Gasteiger partial charge >= 0.3 is 0 Å². The van der Waals surface area contributed by atoms with E-state index in [9.17, 15) is 4.79 Å². The van der Waals surface area contributed by atoms with E-state index in [0.29, 0.717) is 5.75 Å². The molecule has 0 saturated carbocycles. The summed E-state index contributed by atoms with van der Waals surface area (Å²) in [4.78, 5) is 14.0. The van der Waals surface area contributed by atoms with E-state index < -0.39 is 0 Å². The van der Waals surface area contributed by atoms with Crippen LogP contribution in [0, 0.1) is 6.92 Å². The molecular weight excluding hydrogens is 342 g/mol. The van der Waals surface area contributed by atoms with Crippen molar-refractivity contribution < 1.29 is 9.90 Å². The second-order valence-corrected chi connectivity index (χ2v) is 6.72. The summed E-state index contributed by atoms with van der Waals surface area (Å²) in [5.41, 5.74) is 5.37. The maximum Gasteiger partial charge on any atom is 0.197 e. The Labute approximate surface area is 159 Å². The minimum absolute atomic E-state index is 0.108. The largest absolute Gasteiger partial charge is 0.508 e. The first-order valence-corrected chi connectivity index (χ1v) is 8.84. The summed E-state index contributed by atoms with van der Waals surface area (Å²) in [5.74, 6) is 0.0625. The van der Waals surface area contributed by atoms with Crippen molar-refractivity contribution in [1.82, 2.24) is 0 Å². The van der Waals surface area contributed by atoms with E-state index in [1.807, 2.05) is 74.6 Å². The van der Waals surface area contributed by atoms with Crippen LogP contribution in [0.2, 0.25) is 0 Å². The molecule has 0 amide bonds. The highest BCUT2D eigenvalue weighted by atomic mass is 32.1. The third-order valence-electron chi connectivity index (χ3n) is 4.50. The van der Waals surface area contributed by atoms with Gasteiger partial charge in [-0.25, -0.2) is 0 Å². The Morgan fingerprint density at radius 3 is 1.77 bits per heavy atom. The molecule has 0 radical (unpaired) electrons. The Morgan fingerprint density at radius 1 is 0.885 bits per heavy atom. The van der Waals surface area contributed by atoms with E-state index in [0.717, 1.165) is 22.5 Å². The molecule has 0 spiro atoms. The van der Waals surface area contributed by atoms with Crippen molar-refractivity contribution in [3.63, 3.8) is 0 Å². The standard InChI is InChI=1S/C15H13NOS.C7H8O/c1-16-12-8-4-2-6-10(12)14(15(17)18)11-7-3-5-9-13(11)16;1-6-2-4-7(8)5-3-6/h2-9,14H,1H3,(H,17,18);2-5,8H,1H3. The first-order valence-electron chi connectivity index (χ1n) is 8.39. The van der Waals surface area contributed by atoms with Gasteiger partial charge in [-0.05, 0) is 42.3 Å². The molecule has 1 N–H and O–H groups in total. The molecule has 26 heavy (non-hydrogen) atoms. The molecule has 3 aromatic rings. The number of phenolic OH excluding ortho intramolecular Hbond substituents is 1. The number of para-hydroxylation sites is 2. The third kappa shape index (κ3) is 3.60. The zero-order valence-corrected chi connectivity index (χ0v) is 15.6. The van der Waals surface area contributed by atoms with Crippen molar-refractivity contribution in [3.05, 3.63) is 89.5 Å². The first-order chi connectivity index (χ1) is 12.5. The van der Waals surface area contributed by atoms with Gasteiger partial charge in [0.2, 0.25) is 0 Å². The van der Waals surface area contributed by atoms with Crippen molar-refractivity contribution >= 4 is 29.1 Å². The number of benzene rings is 3. The molecular formula is C22H21NO2S. The molecule has 3 nitrogen and oxygen atoms in total. The summed E-state index contributed by atoms with van der Waals surface area (Å²) in [6.07, 6.45) is 0. The highest BCUT2D eigenvalue weighted by Crippen LogP contribution is 2.45. The number of carbonyl (C=O) groups is 1. The Balaban J connectivity index is 0.000000206. The molecule has 3 aromatic carbocycles. The van der Waals surface area contributed by atoms with E-state index in [4.69, 9.17) is 5.11 Å². The predicted molar refractivity (Wildman–Crippen MR) is 110 cm³/mol. The van der Waals surface area contributed by atoms with Crippen LogP contribution >= 0.6 is 12.6 Å². The Bertz CT molecular complexity index is 853. The van der Waals surface area contributed by atoms with Gasteiger partial charge in [0.05, 0.1) is 5.92 Å². The van der Waals surface area contributed by atoms with Crippen LogP contribution < -0.4 is 4.90 Å². The zero-order valence-electron chi connectivity index (χ0n) is 14.8. The average molecular weight is 363 g/mol. The molecule has 0 aliphatic carbocycles. The summed E-state index contributed by atoms with van der Waals surface area (Å²) in [6.45, 7) is 1.99. The maximum atomic E-state index is 11.9. The van der Waals surface area contributed by atoms with Gasteiger partial charge in [0.15, 0.2) is 5.12 Å². The van der Waals surface area contributed by atoms with E-state index in [2.05, 4.69) is 17.5 Å². The molecule has 0 bridgehead atoms. The fourth-order valence-electron chi connectivity index (χ4n) is 3.18. The van der Waals surface area contributed by atoms with Crippen LogP contribution in [0.25, 0.3) is 0 Å². The van der Waals surface area contributed by atoms with Crippen molar-refractivity contribution in [2.24, 2.45) is 0 Å². The van der Waals surface area contributed by atoms with E-state index in [-0.39, 0.29) is 11.0 Å². The molecule has 1 heterocycles. The molecule has 0 atom stereocenters. The quantitative estimate of drug-likeness (QED) is 0.594. The number of hydrogen-bond acceptors (Lipinski definition) is 3. The number of phenols is 1. The van der Waals surface area contributed by atoms with Crippen molar-refractivity contribution in [3.8, 4) is 5.75 Å². The monoisotopic (exact) mass is 363 g/mol. The van der Waals surface area contributed by atoms with E-state index in [1.165, 1.54) is 5.56 Å². The predicted octanol–water partition coefficient (Wildman–Crippen LogP) is 5.06. The summed E-state index contributed by atoms with van der Waals surface area (Å²) in [6, 6.07) is 23.1. The highest BCUT2D eigenvalue weighted by molar-refractivity contribution is 7.96. The van der Waals surface area contributed by atoms with Gasteiger partial charge in [0.25, 0.3) is 0 Å². The van der Waals surface area contributed by atoms with Gasteiger partial charge in [0.1, 0.15) is 5.75 Å². The van der Waals surface area contributed by atoms with Gasteiger partial charge in [0, 0.05) is 18.4 Å². The second-order valence-electron chi connectivity index (χ2n) is 6.28. The molecule has 0 aromatic heterocycles. The van der Waals surface area contributed by atoms with Crippen molar-refractivity contribution in [2.45, 2.75) is 12.8 Å². The van der Waals surface area contributed by atoms with Crippen LogP contribution in [0.4, 0.5) is 11.4 Å². The molecule has 4 rings (SSSR count). The lowest BCUT2D eigenvalue weighted by Gasteiger charge is -2.34. The van der Waals surface area contributed by atoms with E-state index in [1.54, 1.807) is 12.1 Å². The highest BCUT2D eigenvalue weighted by Gasteiger charge is 2.31. The van der Waals surface area contributed by atoms with Gasteiger partial charge in [-0.1, -0.05) is 54.1 Å². The van der Waals surface area contributed by atoms with E-state index >= 15 is 0 Å². The van der Waals surface area contributed by atoms with Crippen LogP contribution in [-0.4, -0.2) is 17.3 Å². The summed E-state index contributed by atoms with van der Waals surface area (Å²) < 4.78 is 0. The number of aryl methyl sites for hydroxylation is 1. The third-order valence-corrected chi connectivity index (χ3v) is 4.76. The number of aromatic hydroxyl groups is 1. The number of rotatable bonds is 1. The van der Waals surface area contributed by atoms with Crippen LogP contribution in [-0.2, 0) is 4.79 Å². The van der Waals surface area contributed by atoms with Gasteiger partial charge in [-0.15, -0.1) is 12.6 Å². The molecule has 0 unspecified atom stereocenters. The molecule has 1 aliphatic heterocycles. The SMILES string of the molecule is CN1c2ccccc2C(C(=O)S)c2ccccc21.Cc1ccc(O)cc1. The summed E-state index contributed by atoms with van der Waals surface area (Å²) in [5, 5.41) is 8.65. The Morgan fingerprint density at radius 2 is 1.35 bits per heavy atom. The molecule has 132 valence electrons. The lowest BCUT2D eigenvalue weighted by molar-refractivity contribution is -0.111. The fraction of sp³-hybridized carbons (Fsp3) is 0.136. The topological polar surface area (TPSA) is 40.5 Å². The number of hydrogen-bond donors (Lipinski definition) is 2. The average Bonchev–Trinajstić information content (AvgIpc) is 2.65. The van der Waals surface area contributed by atoms with Crippen LogP contribution in [0.1, 0.15) is 22.6 Å².